The SMILES string of the molecule is C.CN=C1N(C)CCN1C.CN=c1n(C)cc(C)n1C. The molecule has 0 radical (unpaired) electrons. The Labute approximate surface area is 123 Å². The van der Waals surface area contributed by atoms with E-state index in [4.69, 9.17) is 0 Å². The second kappa shape index (κ2) is 7.77. The van der Waals surface area contributed by atoms with Gasteiger partial charge < -0.3 is 18.9 Å². The number of guanidine groups is 1. The van der Waals surface area contributed by atoms with Crippen LogP contribution in [0.1, 0.15) is 13.1 Å². The van der Waals surface area contributed by atoms with E-state index >= 15 is 0 Å². The summed E-state index contributed by atoms with van der Waals surface area (Å²) in [5.74, 6) is 1.09. The van der Waals surface area contributed by atoms with E-state index in [1.165, 1.54) is 5.69 Å². The molecule has 0 atom stereocenters. The lowest BCUT2D eigenvalue weighted by Crippen LogP contribution is -2.27. The van der Waals surface area contributed by atoms with Gasteiger partial charge in [0.1, 0.15) is 0 Å². The summed E-state index contributed by atoms with van der Waals surface area (Å²) in [7, 11) is 11.8. The standard InChI is InChI=1S/C7H13N3.C6H13N3.CH4/c1-6-5-9(3)7(8-2)10(6)4;1-7-6-8(2)4-5-9(6)3;/h5H,1-4H3;4-5H2,1-3H3;1H4. The van der Waals surface area contributed by atoms with Crippen LogP contribution in [-0.2, 0) is 14.1 Å². The van der Waals surface area contributed by atoms with Crippen LogP contribution in [0.5, 0.6) is 0 Å². The van der Waals surface area contributed by atoms with E-state index in [-0.39, 0.29) is 7.43 Å². The summed E-state index contributed by atoms with van der Waals surface area (Å²) in [5, 5.41) is 0. The Kier molecular flexibility index (Phi) is 7.10. The molecule has 6 heteroatoms. The van der Waals surface area contributed by atoms with Gasteiger partial charge in [0.15, 0.2) is 5.96 Å². The Morgan fingerprint density at radius 1 is 0.950 bits per heavy atom. The highest BCUT2D eigenvalue weighted by molar-refractivity contribution is 5.81. The van der Waals surface area contributed by atoms with E-state index in [1.54, 1.807) is 7.05 Å². The molecule has 0 spiro atoms. The summed E-state index contributed by atoms with van der Waals surface area (Å²) in [6.07, 6.45) is 2.06. The van der Waals surface area contributed by atoms with Crippen LogP contribution in [0.2, 0.25) is 0 Å². The van der Waals surface area contributed by atoms with E-state index in [1.807, 2.05) is 25.7 Å². The third kappa shape index (κ3) is 3.88. The van der Waals surface area contributed by atoms with E-state index < -0.39 is 0 Å². The zero-order valence-electron chi connectivity index (χ0n) is 13.2. The van der Waals surface area contributed by atoms with Crippen LogP contribution in [0.4, 0.5) is 0 Å². The highest BCUT2D eigenvalue weighted by Crippen LogP contribution is 2.01. The maximum absolute atomic E-state index is 4.12. The van der Waals surface area contributed by atoms with Crippen LogP contribution in [0, 0.1) is 6.92 Å². The van der Waals surface area contributed by atoms with E-state index in [9.17, 15) is 0 Å². The smallest absolute Gasteiger partial charge is 0.204 e. The molecule has 0 saturated carbocycles. The molecule has 2 rings (SSSR count). The number of aryl methyl sites for hydroxylation is 2. The van der Waals surface area contributed by atoms with Gasteiger partial charge in [-0.05, 0) is 6.92 Å². The minimum Gasteiger partial charge on any atom is -0.344 e. The van der Waals surface area contributed by atoms with Crippen LogP contribution in [0.25, 0.3) is 0 Å². The predicted octanol–water partition coefficient (Wildman–Crippen LogP) is 0.688. The van der Waals surface area contributed by atoms with Gasteiger partial charge in [0.05, 0.1) is 0 Å². The molecule has 116 valence electrons. The molecule has 1 aliphatic rings. The topological polar surface area (TPSA) is 41.1 Å². The molecule has 0 N–H and O–H groups in total. The van der Waals surface area contributed by atoms with Crippen molar-refractivity contribution in [1.29, 1.82) is 0 Å². The molecule has 20 heavy (non-hydrogen) atoms. The quantitative estimate of drug-likeness (QED) is 0.702. The molecule has 1 aromatic rings. The Hall–Kier alpha value is -1.72. The Bertz CT molecular complexity index is 496. The Morgan fingerprint density at radius 3 is 1.65 bits per heavy atom. The van der Waals surface area contributed by atoms with Crippen molar-refractivity contribution in [1.82, 2.24) is 18.9 Å². The summed E-state index contributed by atoms with van der Waals surface area (Å²) in [5.41, 5.74) is 2.22. The van der Waals surface area contributed by atoms with Gasteiger partial charge >= 0.3 is 0 Å². The van der Waals surface area contributed by atoms with Gasteiger partial charge in [-0.15, -0.1) is 0 Å². The largest absolute Gasteiger partial charge is 0.344 e. The van der Waals surface area contributed by atoms with E-state index in [0.29, 0.717) is 0 Å². The van der Waals surface area contributed by atoms with Crippen LogP contribution >= 0.6 is 0 Å². The van der Waals surface area contributed by atoms with Gasteiger partial charge in [-0.2, -0.15) is 0 Å². The lowest BCUT2D eigenvalue weighted by Gasteiger charge is -2.13. The lowest BCUT2D eigenvalue weighted by atomic mass is 10.5. The van der Waals surface area contributed by atoms with Crippen LogP contribution in [0.3, 0.4) is 0 Å². The van der Waals surface area contributed by atoms with Crippen molar-refractivity contribution in [2.45, 2.75) is 14.4 Å². The number of imidazole rings is 1. The fraction of sp³-hybridized carbons (Fsp3) is 0.714. The van der Waals surface area contributed by atoms with E-state index in [2.05, 4.69) is 51.6 Å². The fourth-order valence-electron chi connectivity index (χ4n) is 2.26. The van der Waals surface area contributed by atoms with Crippen molar-refractivity contribution in [2.75, 3.05) is 41.3 Å². The molecule has 1 aromatic heterocycles. The number of hydrogen-bond acceptors (Lipinski definition) is 2. The van der Waals surface area contributed by atoms with Crippen molar-refractivity contribution in [2.24, 2.45) is 24.1 Å². The van der Waals surface area contributed by atoms with Crippen molar-refractivity contribution in [3.05, 3.63) is 17.5 Å². The van der Waals surface area contributed by atoms with Crippen LogP contribution < -0.4 is 5.62 Å². The Morgan fingerprint density at radius 2 is 1.45 bits per heavy atom. The van der Waals surface area contributed by atoms with Crippen molar-refractivity contribution in [3.63, 3.8) is 0 Å². The van der Waals surface area contributed by atoms with Gasteiger partial charge in [-0.25, -0.2) is 0 Å². The highest BCUT2D eigenvalue weighted by atomic mass is 15.4. The van der Waals surface area contributed by atoms with Gasteiger partial charge in [0.2, 0.25) is 5.62 Å². The first-order valence-electron chi connectivity index (χ1n) is 6.43. The average molecular weight is 282 g/mol. The summed E-state index contributed by atoms with van der Waals surface area (Å²) in [6, 6.07) is 0. The average Bonchev–Trinajstić information content (AvgIpc) is 2.81. The molecule has 0 unspecified atom stereocenters. The summed E-state index contributed by atoms with van der Waals surface area (Å²) >= 11 is 0. The Balaban J connectivity index is 0.000000345. The number of hydrogen-bond donors (Lipinski definition) is 0. The predicted molar refractivity (Wildman–Crippen MR) is 86.0 cm³/mol. The van der Waals surface area contributed by atoms with Crippen molar-refractivity contribution < 1.29 is 0 Å². The third-order valence-corrected chi connectivity index (χ3v) is 3.38. The number of aliphatic imine (C=N–C) groups is 1. The molecule has 1 aliphatic heterocycles. The number of likely N-dealkylation sites (N-methyl/N-ethyl adjacent to an activating group) is 2. The summed E-state index contributed by atoms with van der Waals surface area (Å²) < 4.78 is 4.06. The van der Waals surface area contributed by atoms with Crippen LogP contribution in [0.15, 0.2) is 16.2 Å². The molecule has 1 saturated heterocycles. The summed E-state index contributed by atoms with van der Waals surface area (Å²) in [6.45, 7) is 4.26. The van der Waals surface area contributed by atoms with Crippen molar-refractivity contribution >= 4 is 5.96 Å². The molecule has 0 amide bonds. The molecular formula is C14H30N6. The fourth-order valence-corrected chi connectivity index (χ4v) is 2.26. The molecular weight excluding hydrogens is 252 g/mol. The molecule has 2 heterocycles. The molecule has 0 aromatic carbocycles. The zero-order valence-corrected chi connectivity index (χ0v) is 13.2. The first kappa shape index (κ1) is 18.3. The molecule has 0 bridgehead atoms. The highest BCUT2D eigenvalue weighted by Gasteiger charge is 2.17. The van der Waals surface area contributed by atoms with Crippen molar-refractivity contribution in [3.8, 4) is 0 Å². The van der Waals surface area contributed by atoms with Gasteiger partial charge in [-0.3, -0.25) is 9.98 Å². The van der Waals surface area contributed by atoms with Gasteiger partial charge in [0, 0.05) is 67.3 Å². The molecule has 6 nitrogen and oxygen atoms in total. The normalized spacial score (nSPS) is 14.9. The minimum atomic E-state index is 0. The van der Waals surface area contributed by atoms with Crippen LogP contribution in [-0.4, -0.2) is 66.2 Å². The van der Waals surface area contributed by atoms with Gasteiger partial charge in [-0.1, -0.05) is 7.43 Å². The lowest BCUT2D eigenvalue weighted by molar-refractivity contribution is 0.553. The first-order valence-corrected chi connectivity index (χ1v) is 6.43. The first-order chi connectivity index (χ1) is 8.92. The maximum Gasteiger partial charge on any atom is 0.204 e. The number of rotatable bonds is 0. The third-order valence-electron chi connectivity index (χ3n) is 3.38. The molecule has 0 aliphatic carbocycles. The van der Waals surface area contributed by atoms with Gasteiger partial charge in [0.25, 0.3) is 0 Å². The second-order valence-electron chi connectivity index (χ2n) is 4.83. The number of aromatic nitrogens is 2. The maximum atomic E-state index is 4.12. The minimum absolute atomic E-state index is 0. The second-order valence-corrected chi connectivity index (χ2v) is 4.83. The molecule has 1 fully saturated rings. The monoisotopic (exact) mass is 282 g/mol. The summed E-state index contributed by atoms with van der Waals surface area (Å²) in [4.78, 5) is 12.5. The number of nitrogens with zero attached hydrogens (tertiary/aromatic N) is 6. The zero-order chi connectivity index (χ0) is 14.6. The van der Waals surface area contributed by atoms with E-state index in [0.717, 1.165) is 24.7 Å².